The number of rotatable bonds is 3. The molecular weight excluding hydrogens is 254 g/mol. The number of urea groups is 1. The summed E-state index contributed by atoms with van der Waals surface area (Å²) in [6.45, 7) is 0.403. The molecule has 0 spiro atoms. The van der Waals surface area contributed by atoms with Crippen molar-refractivity contribution in [3.8, 4) is 6.07 Å². The van der Waals surface area contributed by atoms with Crippen LogP contribution in [0.5, 0.6) is 0 Å². The van der Waals surface area contributed by atoms with E-state index in [-0.39, 0.29) is 12.1 Å². The highest BCUT2D eigenvalue weighted by Gasteiger charge is 2.24. The van der Waals surface area contributed by atoms with Gasteiger partial charge in [0.15, 0.2) is 0 Å². The summed E-state index contributed by atoms with van der Waals surface area (Å²) in [4.78, 5) is 11.8. The number of aliphatic hydroxyl groups is 1. The molecular formula is C15H19N3O2. The van der Waals surface area contributed by atoms with Crippen LogP contribution in [-0.2, 0) is 6.54 Å². The molecule has 0 bridgehead atoms. The van der Waals surface area contributed by atoms with Gasteiger partial charge in [0.1, 0.15) is 0 Å². The van der Waals surface area contributed by atoms with Crippen LogP contribution in [0.3, 0.4) is 0 Å². The van der Waals surface area contributed by atoms with Gasteiger partial charge in [-0.25, -0.2) is 4.79 Å². The molecule has 1 aliphatic rings. The molecule has 0 aliphatic heterocycles. The molecule has 2 rings (SSSR count). The molecule has 106 valence electrons. The fourth-order valence-electron chi connectivity index (χ4n) is 2.38. The van der Waals surface area contributed by atoms with Gasteiger partial charge >= 0.3 is 6.03 Å². The average Bonchev–Trinajstić information content (AvgIpc) is 2.48. The Kier molecular flexibility index (Phi) is 4.97. The van der Waals surface area contributed by atoms with Crippen molar-refractivity contribution in [2.24, 2.45) is 0 Å². The smallest absolute Gasteiger partial charge is 0.315 e. The van der Waals surface area contributed by atoms with Gasteiger partial charge in [-0.1, -0.05) is 25.0 Å². The van der Waals surface area contributed by atoms with Crippen molar-refractivity contribution in [3.05, 3.63) is 35.4 Å². The fraction of sp³-hybridized carbons (Fsp3) is 0.467. The van der Waals surface area contributed by atoms with Crippen LogP contribution in [0.4, 0.5) is 4.79 Å². The first-order chi connectivity index (χ1) is 9.69. The number of benzene rings is 1. The third-order valence-electron chi connectivity index (χ3n) is 3.58. The molecule has 20 heavy (non-hydrogen) atoms. The maximum absolute atomic E-state index is 11.8. The Morgan fingerprint density at radius 3 is 2.65 bits per heavy atom. The van der Waals surface area contributed by atoms with Crippen LogP contribution in [0.2, 0.25) is 0 Å². The Hall–Kier alpha value is -2.06. The molecule has 2 atom stereocenters. The minimum Gasteiger partial charge on any atom is -0.391 e. The molecule has 3 N–H and O–H groups in total. The molecule has 1 fully saturated rings. The standard InChI is InChI=1S/C15H19N3O2/c16-9-11-5-7-12(8-6-11)10-17-15(20)18-13-3-1-2-4-14(13)19/h5-8,13-14,19H,1-4,10H2,(H2,17,18,20). The van der Waals surface area contributed by atoms with Crippen LogP contribution in [0.1, 0.15) is 36.8 Å². The molecule has 0 aromatic heterocycles. The molecule has 2 amide bonds. The molecule has 0 saturated heterocycles. The van der Waals surface area contributed by atoms with E-state index >= 15 is 0 Å². The van der Waals surface area contributed by atoms with Gasteiger partial charge in [-0.2, -0.15) is 5.26 Å². The van der Waals surface area contributed by atoms with E-state index in [1.54, 1.807) is 12.1 Å². The van der Waals surface area contributed by atoms with Crippen molar-refractivity contribution in [1.82, 2.24) is 10.6 Å². The summed E-state index contributed by atoms with van der Waals surface area (Å²) >= 11 is 0. The number of carbonyl (C=O) groups is 1. The molecule has 2 unspecified atom stereocenters. The van der Waals surface area contributed by atoms with E-state index in [2.05, 4.69) is 16.7 Å². The normalized spacial score (nSPS) is 21.8. The van der Waals surface area contributed by atoms with Crippen molar-refractivity contribution in [1.29, 1.82) is 5.26 Å². The largest absolute Gasteiger partial charge is 0.391 e. The lowest BCUT2D eigenvalue weighted by Crippen LogP contribution is -2.48. The molecule has 1 aliphatic carbocycles. The van der Waals surface area contributed by atoms with Gasteiger partial charge in [0, 0.05) is 6.54 Å². The van der Waals surface area contributed by atoms with E-state index in [0.29, 0.717) is 12.1 Å². The third kappa shape index (κ3) is 3.97. The van der Waals surface area contributed by atoms with E-state index in [4.69, 9.17) is 5.26 Å². The predicted octanol–water partition coefficient (Wildman–Crippen LogP) is 1.66. The second-order valence-corrected chi connectivity index (χ2v) is 5.09. The number of amides is 2. The summed E-state index contributed by atoms with van der Waals surface area (Å²) in [6.07, 6.45) is 3.19. The maximum atomic E-state index is 11.8. The van der Waals surface area contributed by atoms with Gasteiger partial charge in [0.2, 0.25) is 0 Å². The topological polar surface area (TPSA) is 85.2 Å². The molecule has 1 aromatic carbocycles. The van der Waals surface area contributed by atoms with E-state index in [1.807, 2.05) is 12.1 Å². The number of aliphatic hydroxyl groups excluding tert-OH is 1. The second-order valence-electron chi connectivity index (χ2n) is 5.09. The first-order valence-electron chi connectivity index (χ1n) is 6.90. The molecule has 1 aromatic rings. The van der Waals surface area contributed by atoms with Crippen LogP contribution >= 0.6 is 0 Å². The minimum atomic E-state index is -0.440. The SMILES string of the molecule is N#Cc1ccc(CNC(=O)NC2CCCCC2O)cc1. The summed E-state index contributed by atoms with van der Waals surface area (Å²) in [6, 6.07) is 8.71. The number of nitriles is 1. The van der Waals surface area contributed by atoms with Gasteiger partial charge in [0.05, 0.1) is 23.8 Å². The Balaban J connectivity index is 1.78. The summed E-state index contributed by atoms with van der Waals surface area (Å²) in [7, 11) is 0. The zero-order valence-electron chi connectivity index (χ0n) is 11.3. The fourth-order valence-corrected chi connectivity index (χ4v) is 2.38. The molecule has 5 nitrogen and oxygen atoms in total. The Bertz CT molecular complexity index is 493. The first-order valence-corrected chi connectivity index (χ1v) is 6.90. The summed E-state index contributed by atoms with van der Waals surface area (Å²) in [5.41, 5.74) is 1.53. The number of nitrogens with one attached hydrogen (secondary N) is 2. The van der Waals surface area contributed by atoms with Gasteiger partial charge in [-0.15, -0.1) is 0 Å². The van der Waals surface area contributed by atoms with Crippen LogP contribution in [0.25, 0.3) is 0 Å². The number of hydrogen-bond donors (Lipinski definition) is 3. The molecule has 5 heteroatoms. The minimum absolute atomic E-state index is 0.148. The van der Waals surface area contributed by atoms with E-state index < -0.39 is 6.10 Å². The lowest BCUT2D eigenvalue weighted by Gasteiger charge is -2.28. The van der Waals surface area contributed by atoms with Crippen molar-refractivity contribution < 1.29 is 9.90 Å². The van der Waals surface area contributed by atoms with E-state index in [1.165, 1.54) is 0 Å². The predicted molar refractivity (Wildman–Crippen MR) is 74.8 cm³/mol. The van der Waals surface area contributed by atoms with Crippen molar-refractivity contribution in [2.75, 3.05) is 0 Å². The van der Waals surface area contributed by atoms with Gasteiger partial charge in [-0.3, -0.25) is 0 Å². The van der Waals surface area contributed by atoms with E-state index in [9.17, 15) is 9.90 Å². The van der Waals surface area contributed by atoms with Crippen LogP contribution in [0.15, 0.2) is 24.3 Å². The highest BCUT2D eigenvalue weighted by atomic mass is 16.3. The zero-order chi connectivity index (χ0) is 14.4. The lowest BCUT2D eigenvalue weighted by molar-refractivity contribution is 0.0943. The van der Waals surface area contributed by atoms with Crippen LogP contribution < -0.4 is 10.6 Å². The molecule has 0 radical (unpaired) electrons. The first kappa shape index (κ1) is 14.4. The van der Waals surface area contributed by atoms with E-state index in [0.717, 1.165) is 31.2 Å². The molecule has 1 saturated carbocycles. The molecule has 0 heterocycles. The van der Waals surface area contributed by atoms with Crippen LogP contribution in [0, 0.1) is 11.3 Å². The van der Waals surface area contributed by atoms with Crippen LogP contribution in [-0.4, -0.2) is 23.3 Å². The number of hydrogen-bond acceptors (Lipinski definition) is 3. The van der Waals surface area contributed by atoms with Gasteiger partial charge in [-0.05, 0) is 30.5 Å². The monoisotopic (exact) mass is 273 g/mol. The summed E-state index contributed by atoms with van der Waals surface area (Å²) in [5, 5.41) is 24.1. The number of carbonyl (C=O) groups excluding carboxylic acids is 1. The lowest BCUT2D eigenvalue weighted by atomic mass is 9.93. The number of nitrogens with zero attached hydrogens (tertiary/aromatic N) is 1. The Morgan fingerprint density at radius 1 is 1.30 bits per heavy atom. The van der Waals surface area contributed by atoms with Crippen molar-refractivity contribution >= 4 is 6.03 Å². The second kappa shape index (κ2) is 6.92. The van der Waals surface area contributed by atoms with Crippen molar-refractivity contribution in [2.45, 2.75) is 44.4 Å². The quantitative estimate of drug-likeness (QED) is 0.783. The highest BCUT2D eigenvalue weighted by Crippen LogP contribution is 2.18. The van der Waals surface area contributed by atoms with Crippen molar-refractivity contribution in [3.63, 3.8) is 0 Å². The van der Waals surface area contributed by atoms with Gasteiger partial charge in [0.25, 0.3) is 0 Å². The summed E-state index contributed by atoms with van der Waals surface area (Å²) in [5.74, 6) is 0. The third-order valence-corrected chi connectivity index (χ3v) is 3.58. The zero-order valence-corrected chi connectivity index (χ0v) is 11.3. The summed E-state index contributed by atoms with van der Waals surface area (Å²) < 4.78 is 0. The van der Waals surface area contributed by atoms with Gasteiger partial charge < -0.3 is 15.7 Å². The maximum Gasteiger partial charge on any atom is 0.315 e. The Morgan fingerprint density at radius 2 is 2.00 bits per heavy atom. The average molecular weight is 273 g/mol. The highest BCUT2D eigenvalue weighted by molar-refractivity contribution is 5.74. The Labute approximate surface area is 118 Å².